The molecule has 0 aromatic rings. The zero-order valence-electron chi connectivity index (χ0n) is 10.2. The fourth-order valence-corrected chi connectivity index (χ4v) is 2.05. The number of hydrogen-bond donors (Lipinski definition) is 2. The maximum Gasteiger partial charge on any atom is 0.345 e. The summed E-state index contributed by atoms with van der Waals surface area (Å²) in [7, 11) is 1.08. The lowest BCUT2D eigenvalue weighted by Crippen LogP contribution is -2.62. The SMILES string of the molecule is CCCC[C@@]1(O)C(=O)O[C@@H](C)[C@]1(O)C(=O)OC. The highest BCUT2D eigenvalue weighted by Gasteiger charge is 2.70. The molecule has 1 aliphatic rings. The van der Waals surface area contributed by atoms with Crippen LogP contribution in [0.3, 0.4) is 0 Å². The van der Waals surface area contributed by atoms with Crippen LogP contribution in [0.15, 0.2) is 0 Å². The highest BCUT2D eigenvalue weighted by Crippen LogP contribution is 2.40. The molecule has 0 aromatic carbocycles. The summed E-state index contributed by atoms with van der Waals surface area (Å²) in [6.45, 7) is 3.21. The fraction of sp³-hybridized carbons (Fsp3) is 0.818. The van der Waals surface area contributed by atoms with Crippen LogP contribution in [-0.4, -0.2) is 46.6 Å². The Bertz CT molecular complexity index is 328. The van der Waals surface area contributed by atoms with Crippen LogP contribution in [0.1, 0.15) is 33.1 Å². The van der Waals surface area contributed by atoms with Gasteiger partial charge in [-0.3, -0.25) is 0 Å². The molecule has 1 fully saturated rings. The van der Waals surface area contributed by atoms with Crippen molar-refractivity contribution in [2.75, 3.05) is 7.11 Å². The van der Waals surface area contributed by atoms with Gasteiger partial charge in [-0.2, -0.15) is 0 Å². The van der Waals surface area contributed by atoms with Crippen molar-refractivity contribution < 1.29 is 29.3 Å². The third kappa shape index (κ3) is 1.81. The van der Waals surface area contributed by atoms with Crippen LogP contribution in [-0.2, 0) is 19.1 Å². The Kier molecular flexibility index (Phi) is 3.78. The topological polar surface area (TPSA) is 93.1 Å². The molecule has 3 atom stereocenters. The largest absolute Gasteiger partial charge is 0.467 e. The van der Waals surface area contributed by atoms with Gasteiger partial charge in [-0.1, -0.05) is 19.8 Å². The van der Waals surface area contributed by atoms with Gasteiger partial charge >= 0.3 is 11.9 Å². The number of ether oxygens (including phenoxy) is 2. The number of carbonyl (C=O) groups is 2. The molecule has 0 bridgehead atoms. The van der Waals surface area contributed by atoms with Gasteiger partial charge in [0.25, 0.3) is 0 Å². The van der Waals surface area contributed by atoms with E-state index >= 15 is 0 Å². The van der Waals surface area contributed by atoms with Crippen molar-refractivity contribution in [3.63, 3.8) is 0 Å². The summed E-state index contributed by atoms with van der Waals surface area (Å²) in [4.78, 5) is 23.2. The summed E-state index contributed by atoms with van der Waals surface area (Å²) in [6.07, 6.45) is 0.0150. The van der Waals surface area contributed by atoms with Gasteiger partial charge in [-0.15, -0.1) is 0 Å². The second-order valence-corrected chi connectivity index (χ2v) is 4.27. The second kappa shape index (κ2) is 4.62. The minimum absolute atomic E-state index is 0.0434. The Morgan fingerprint density at radius 1 is 1.53 bits per heavy atom. The molecule has 6 nitrogen and oxygen atoms in total. The van der Waals surface area contributed by atoms with Gasteiger partial charge < -0.3 is 19.7 Å². The van der Waals surface area contributed by atoms with Gasteiger partial charge in [0, 0.05) is 0 Å². The first kappa shape index (κ1) is 13.9. The monoisotopic (exact) mass is 246 g/mol. The van der Waals surface area contributed by atoms with E-state index in [1.807, 2.05) is 6.92 Å². The summed E-state index contributed by atoms with van der Waals surface area (Å²) >= 11 is 0. The molecule has 0 radical (unpaired) electrons. The first-order chi connectivity index (χ1) is 7.84. The van der Waals surface area contributed by atoms with E-state index in [0.717, 1.165) is 7.11 Å². The lowest BCUT2D eigenvalue weighted by atomic mass is 9.78. The quantitative estimate of drug-likeness (QED) is 0.665. The number of hydrogen-bond acceptors (Lipinski definition) is 6. The lowest BCUT2D eigenvalue weighted by Gasteiger charge is -2.32. The molecule has 0 spiro atoms. The predicted octanol–water partition coefficient (Wildman–Crippen LogP) is -0.243. The molecule has 0 unspecified atom stereocenters. The molecule has 2 N–H and O–H groups in total. The van der Waals surface area contributed by atoms with Crippen molar-refractivity contribution >= 4 is 11.9 Å². The standard InChI is InChI=1S/C11H18O6/c1-4-5-6-10(14)8(12)17-7(2)11(10,15)9(13)16-3/h7,14-15H,4-6H2,1-3H3/t7-,10+,11-/m0/s1. The molecular weight excluding hydrogens is 228 g/mol. The number of methoxy groups -OCH3 is 1. The molecule has 0 aromatic heterocycles. The molecule has 17 heavy (non-hydrogen) atoms. The average Bonchev–Trinajstić information content (AvgIpc) is 2.48. The summed E-state index contributed by atoms with van der Waals surface area (Å²) in [5, 5.41) is 20.5. The van der Waals surface area contributed by atoms with Crippen LogP contribution in [0.25, 0.3) is 0 Å². The molecule has 0 amide bonds. The van der Waals surface area contributed by atoms with Crippen LogP contribution < -0.4 is 0 Å². The van der Waals surface area contributed by atoms with Gasteiger partial charge in [0.15, 0.2) is 0 Å². The third-order valence-electron chi connectivity index (χ3n) is 3.23. The van der Waals surface area contributed by atoms with Crippen molar-refractivity contribution in [2.24, 2.45) is 0 Å². The van der Waals surface area contributed by atoms with Crippen LogP contribution in [0.4, 0.5) is 0 Å². The molecule has 1 aliphatic heterocycles. The van der Waals surface area contributed by atoms with Crippen LogP contribution >= 0.6 is 0 Å². The van der Waals surface area contributed by atoms with Crippen molar-refractivity contribution in [2.45, 2.75) is 50.4 Å². The lowest BCUT2D eigenvalue weighted by molar-refractivity contribution is -0.193. The first-order valence-electron chi connectivity index (χ1n) is 5.58. The number of unbranched alkanes of at least 4 members (excludes halogenated alkanes) is 1. The predicted molar refractivity (Wildman–Crippen MR) is 57.0 cm³/mol. The summed E-state index contributed by atoms with van der Waals surface area (Å²) in [5.74, 6) is -2.04. The molecule has 6 heteroatoms. The number of cyclic esters (lactones) is 1. The average molecular weight is 246 g/mol. The molecule has 0 saturated carbocycles. The van der Waals surface area contributed by atoms with E-state index in [1.165, 1.54) is 6.92 Å². The Morgan fingerprint density at radius 3 is 2.59 bits per heavy atom. The minimum Gasteiger partial charge on any atom is -0.467 e. The fourth-order valence-electron chi connectivity index (χ4n) is 2.05. The van der Waals surface area contributed by atoms with E-state index in [9.17, 15) is 19.8 Å². The maximum absolute atomic E-state index is 11.6. The van der Waals surface area contributed by atoms with E-state index in [2.05, 4.69) is 4.74 Å². The molecular formula is C11H18O6. The van der Waals surface area contributed by atoms with E-state index in [1.54, 1.807) is 0 Å². The molecule has 98 valence electrons. The van der Waals surface area contributed by atoms with Crippen molar-refractivity contribution in [3.05, 3.63) is 0 Å². The Hall–Kier alpha value is -1.14. The summed E-state index contributed by atoms with van der Waals surface area (Å²) in [6, 6.07) is 0. The number of aliphatic hydroxyl groups is 2. The van der Waals surface area contributed by atoms with Gasteiger partial charge in [0.2, 0.25) is 11.2 Å². The minimum atomic E-state index is -2.34. The second-order valence-electron chi connectivity index (χ2n) is 4.27. The molecule has 0 aliphatic carbocycles. The van der Waals surface area contributed by atoms with Gasteiger partial charge in [-0.05, 0) is 13.3 Å². The number of carbonyl (C=O) groups excluding carboxylic acids is 2. The Balaban J connectivity index is 3.13. The molecule has 1 saturated heterocycles. The van der Waals surface area contributed by atoms with E-state index < -0.39 is 29.2 Å². The van der Waals surface area contributed by atoms with Crippen molar-refractivity contribution in [1.29, 1.82) is 0 Å². The highest BCUT2D eigenvalue weighted by atomic mass is 16.6. The summed E-state index contributed by atoms with van der Waals surface area (Å²) < 4.78 is 9.22. The van der Waals surface area contributed by atoms with Gasteiger partial charge in [0.1, 0.15) is 6.10 Å². The highest BCUT2D eigenvalue weighted by molar-refractivity contribution is 5.96. The van der Waals surface area contributed by atoms with E-state index in [0.29, 0.717) is 12.8 Å². The Labute approximate surface area is 99.5 Å². The van der Waals surface area contributed by atoms with Crippen LogP contribution in [0, 0.1) is 0 Å². The van der Waals surface area contributed by atoms with Gasteiger partial charge in [-0.25, -0.2) is 9.59 Å². The first-order valence-corrected chi connectivity index (χ1v) is 5.58. The summed E-state index contributed by atoms with van der Waals surface area (Å²) in [5.41, 5.74) is -4.57. The zero-order chi connectivity index (χ0) is 13.3. The maximum atomic E-state index is 11.6. The van der Waals surface area contributed by atoms with Crippen molar-refractivity contribution in [1.82, 2.24) is 0 Å². The molecule has 1 heterocycles. The Morgan fingerprint density at radius 2 is 2.12 bits per heavy atom. The third-order valence-corrected chi connectivity index (χ3v) is 3.23. The smallest absolute Gasteiger partial charge is 0.345 e. The van der Waals surface area contributed by atoms with E-state index in [-0.39, 0.29) is 6.42 Å². The number of rotatable bonds is 4. The zero-order valence-corrected chi connectivity index (χ0v) is 10.2. The normalized spacial score (nSPS) is 36.8. The van der Waals surface area contributed by atoms with Gasteiger partial charge in [0.05, 0.1) is 7.11 Å². The van der Waals surface area contributed by atoms with E-state index in [4.69, 9.17) is 4.74 Å². The van der Waals surface area contributed by atoms with Crippen molar-refractivity contribution in [3.8, 4) is 0 Å². The number of esters is 2. The molecule has 1 rings (SSSR count). The van der Waals surface area contributed by atoms with Crippen LogP contribution in [0.5, 0.6) is 0 Å². The van der Waals surface area contributed by atoms with Crippen LogP contribution in [0.2, 0.25) is 0 Å².